The summed E-state index contributed by atoms with van der Waals surface area (Å²) in [5, 5.41) is 6.33. The standard InChI is InChI=1S/C10H13N3O2/c1-13(12-15)8-10(14)11-7-9-5-3-2-4-6-9/h2-6H,7-8H2,1H3,(H,11,14). The molecule has 5 nitrogen and oxygen atoms in total. The molecule has 1 amide bonds. The van der Waals surface area contributed by atoms with Crippen molar-refractivity contribution in [2.24, 2.45) is 5.29 Å². The van der Waals surface area contributed by atoms with Crippen LogP contribution in [0.5, 0.6) is 0 Å². The van der Waals surface area contributed by atoms with E-state index in [4.69, 9.17) is 0 Å². The summed E-state index contributed by atoms with van der Waals surface area (Å²) in [4.78, 5) is 21.2. The van der Waals surface area contributed by atoms with E-state index in [1.807, 2.05) is 30.3 Å². The maximum Gasteiger partial charge on any atom is 0.241 e. The molecule has 1 aromatic carbocycles. The number of rotatable bonds is 5. The molecule has 5 heteroatoms. The zero-order chi connectivity index (χ0) is 11.1. The van der Waals surface area contributed by atoms with Gasteiger partial charge in [-0.1, -0.05) is 30.3 Å². The molecule has 0 aliphatic heterocycles. The molecular formula is C10H13N3O2. The van der Waals surface area contributed by atoms with E-state index in [0.717, 1.165) is 10.6 Å². The van der Waals surface area contributed by atoms with Crippen LogP contribution in [0.4, 0.5) is 0 Å². The molecule has 1 aromatic rings. The number of amides is 1. The Kier molecular flexibility index (Phi) is 4.28. The Balaban J connectivity index is 2.31. The van der Waals surface area contributed by atoms with Gasteiger partial charge in [0, 0.05) is 13.6 Å². The van der Waals surface area contributed by atoms with Crippen LogP contribution in [0.2, 0.25) is 0 Å². The number of nitrogens with zero attached hydrogens (tertiary/aromatic N) is 2. The molecular weight excluding hydrogens is 194 g/mol. The van der Waals surface area contributed by atoms with Gasteiger partial charge in [0.15, 0.2) is 0 Å². The van der Waals surface area contributed by atoms with Crippen molar-refractivity contribution in [3.63, 3.8) is 0 Å². The van der Waals surface area contributed by atoms with Gasteiger partial charge in [0.25, 0.3) is 0 Å². The number of hydrogen-bond acceptors (Lipinski definition) is 3. The lowest BCUT2D eigenvalue weighted by atomic mass is 10.2. The molecule has 15 heavy (non-hydrogen) atoms. The summed E-state index contributed by atoms with van der Waals surface area (Å²) in [6.07, 6.45) is 0. The Hall–Kier alpha value is -1.91. The number of nitrogens with one attached hydrogen (secondary N) is 1. The fraction of sp³-hybridized carbons (Fsp3) is 0.300. The predicted octanol–water partition coefficient (Wildman–Crippen LogP) is 0.916. The van der Waals surface area contributed by atoms with Crippen LogP contribution in [0.15, 0.2) is 35.6 Å². The monoisotopic (exact) mass is 207 g/mol. The van der Waals surface area contributed by atoms with Gasteiger partial charge in [0.05, 0.1) is 5.29 Å². The maximum absolute atomic E-state index is 11.2. The first-order valence-corrected chi connectivity index (χ1v) is 4.57. The van der Waals surface area contributed by atoms with Crippen molar-refractivity contribution < 1.29 is 4.79 Å². The fourth-order valence-corrected chi connectivity index (χ4v) is 1.09. The maximum atomic E-state index is 11.2. The summed E-state index contributed by atoms with van der Waals surface area (Å²) in [5.74, 6) is -0.221. The van der Waals surface area contributed by atoms with E-state index in [1.165, 1.54) is 7.05 Å². The normalized spacial score (nSPS) is 9.40. The van der Waals surface area contributed by atoms with Gasteiger partial charge in [-0.25, -0.2) is 0 Å². The molecule has 1 N–H and O–H groups in total. The Morgan fingerprint density at radius 3 is 2.67 bits per heavy atom. The highest BCUT2D eigenvalue weighted by Gasteiger charge is 2.04. The number of carbonyl (C=O) groups excluding carboxylic acids is 1. The number of carbonyl (C=O) groups is 1. The summed E-state index contributed by atoms with van der Waals surface area (Å²) >= 11 is 0. The molecule has 0 unspecified atom stereocenters. The van der Waals surface area contributed by atoms with Gasteiger partial charge in [-0.2, -0.15) is 0 Å². The summed E-state index contributed by atoms with van der Waals surface area (Å²) < 4.78 is 0. The summed E-state index contributed by atoms with van der Waals surface area (Å²) in [6, 6.07) is 9.56. The first-order chi connectivity index (χ1) is 7.22. The number of benzene rings is 1. The van der Waals surface area contributed by atoms with E-state index < -0.39 is 0 Å². The van der Waals surface area contributed by atoms with E-state index in [1.54, 1.807) is 0 Å². The van der Waals surface area contributed by atoms with Gasteiger partial charge in [0.1, 0.15) is 6.54 Å². The van der Waals surface area contributed by atoms with Gasteiger partial charge in [0.2, 0.25) is 5.91 Å². The van der Waals surface area contributed by atoms with Crippen LogP contribution in [0.25, 0.3) is 0 Å². The Morgan fingerprint density at radius 2 is 2.07 bits per heavy atom. The molecule has 0 aromatic heterocycles. The first-order valence-electron chi connectivity index (χ1n) is 4.57. The van der Waals surface area contributed by atoms with E-state index in [2.05, 4.69) is 10.6 Å². The SMILES string of the molecule is CN(CC(=O)NCc1ccccc1)N=O. The molecule has 0 radical (unpaired) electrons. The van der Waals surface area contributed by atoms with Crippen LogP contribution in [-0.4, -0.2) is 24.5 Å². The quantitative estimate of drug-likeness (QED) is 0.576. The van der Waals surface area contributed by atoms with Gasteiger partial charge >= 0.3 is 0 Å². The fourth-order valence-electron chi connectivity index (χ4n) is 1.09. The van der Waals surface area contributed by atoms with Crippen LogP contribution < -0.4 is 5.32 Å². The van der Waals surface area contributed by atoms with E-state index in [0.29, 0.717) is 6.54 Å². The molecule has 0 saturated carbocycles. The molecule has 0 spiro atoms. The second kappa shape index (κ2) is 5.74. The van der Waals surface area contributed by atoms with E-state index in [-0.39, 0.29) is 12.5 Å². The number of hydrogen-bond donors (Lipinski definition) is 1. The van der Waals surface area contributed by atoms with Crippen LogP contribution in [0.1, 0.15) is 5.56 Å². The van der Waals surface area contributed by atoms with Gasteiger partial charge in [-0.05, 0) is 5.56 Å². The smallest absolute Gasteiger partial charge is 0.241 e. The molecule has 0 aliphatic carbocycles. The minimum Gasteiger partial charge on any atom is -0.350 e. The largest absolute Gasteiger partial charge is 0.350 e. The Bertz CT molecular complexity index is 327. The first kappa shape index (κ1) is 11.2. The minimum absolute atomic E-state index is 0.0175. The highest BCUT2D eigenvalue weighted by atomic mass is 16.3. The molecule has 0 fully saturated rings. The second-order valence-corrected chi connectivity index (χ2v) is 3.16. The molecule has 0 bridgehead atoms. The average molecular weight is 207 g/mol. The van der Waals surface area contributed by atoms with Crippen LogP contribution in [0.3, 0.4) is 0 Å². The summed E-state index contributed by atoms with van der Waals surface area (Å²) in [6.45, 7) is 0.447. The summed E-state index contributed by atoms with van der Waals surface area (Å²) in [7, 11) is 1.45. The van der Waals surface area contributed by atoms with Gasteiger partial charge in [-0.15, -0.1) is 4.91 Å². The third kappa shape index (κ3) is 4.21. The molecule has 0 heterocycles. The minimum atomic E-state index is -0.221. The third-order valence-corrected chi connectivity index (χ3v) is 1.84. The topological polar surface area (TPSA) is 61.8 Å². The van der Waals surface area contributed by atoms with Crippen molar-refractivity contribution in [3.8, 4) is 0 Å². The van der Waals surface area contributed by atoms with Gasteiger partial charge < -0.3 is 5.32 Å². The van der Waals surface area contributed by atoms with Crippen LogP contribution >= 0.6 is 0 Å². The van der Waals surface area contributed by atoms with Crippen molar-refractivity contribution in [3.05, 3.63) is 40.8 Å². The predicted molar refractivity (Wildman–Crippen MR) is 56.7 cm³/mol. The molecule has 0 aliphatic rings. The summed E-state index contributed by atoms with van der Waals surface area (Å²) in [5.41, 5.74) is 1.02. The van der Waals surface area contributed by atoms with Crippen LogP contribution in [-0.2, 0) is 11.3 Å². The Labute approximate surface area is 88.0 Å². The third-order valence-electron chi connectivity index (χ3n) is 1.84. The zero-order valence-corrected chi connectivity index (χ0v) is 8.51. The van der Waals surface area contributed by atoms with E-state index >= 15 is 0 Å². The number of nitroso groups, excluding NO2 is 1. The Morgan fingerprint density at radius 1 is 1.40 bits per heavy atom. The number of likely N-dealkylation sites (N-methyl/N-ethyl adjacent to an activating group) is 1. The molecule has 0 atom stereocenters. The molecule has 1 rings (SSSR count). The van der Waals surface area contributed by atoms with Gasteiger partial charge in [-0.3, -0.25) is 9.80 Å². The molecule has 80 valence electrons. The second-order valence-electron chi connectivity index (χ2n) is 3.16. The average Bonchev–Trinajstić information content (AvgIpc) is 2.27. The highest BCUT2D eigenvalue weighted by Crippen LogP contribution is 1.96. The van der Waals surface area contributed by atoms with Crippen molar-refractivity contribution in [2.45, 2.75) is 6.54 Å². The zero-order valence-electron chi connectivity index (χ0n) is 8.51. The lowest BCUT2D eigenvalue weighted by Gasteiger charge is -2.08. The molecule has 0 saturated heterocycles. The van der Waals surface area contributed by atoms with Crippen molar-refractivity contribution in [1.29, 1.82) is 0 Å². The van der Waals surface area contributed by atoms with Crippen molar-refractivity contribution >= 4 is 5.91 Å². The van der Waals surface area contributed by atoms with Crippen LogP contribution in [0, 0.1) is 4.91 Å². The van der Waals surface area contributed by atoms with E-state index in [9.17, 15) is 9.70 Å². The lowest BCUT2D eigenvalue weighted by Crippen LogP contribution is -2.32. The van der Waals surface area contributed by atoms with Crippen molar-refractivity contribution in [2.75, 3.05) is 13.6 Å². The highest BCUT2D eigenvalue weighted by molar-refractivity contribution is 5.77. The lowest BCUT2D eigenvalue weighted by molar-refractivity contribution is -0.122. The van der Waals surface area contributed by atoms with Crippen molar-refractivity contribution in [1.82, 2.24) is 10.3 Å².